The molecule has 140 valence electrons. The first-order valence-corrected chi connectivity index (χ1v) is 8.68. The lowest BCUT2D eigenvalue weighted by Gasteiger charge is -2.12. The van der Waals surface area contributed by atoms with Crippen molar-refractivity contribution in [2.45, 2.75) is 26.3 Å². The second-order valence-corrected chi connectivity index (χ2v) is 6.39. The molecular formula is C19H21N5O3. The van der Waals surface area contributed by atoms with E-state index in [0.29, 0.717) is 17.1 Å². The summed E-state index contributed by atoms with van der Waals surface area (Å²) >= 11 is 0. The molecule has 3 rings (SSSR count). The third kappa shape index (κ3) is 3.74. The number of amides is 1. The Morgan fingerprint density at radius 3 is 2.70 bits per heavy atom. The standard InChI is InChI=1S/C19H21N5O3/c1-4-13(2)20-19(25)18-12-16(17-9-6-10-22(17)3)21-23(18)14-7-5-8-15(11-14)24(26)27/h5-13H,4H2,1-3H3,(H,20,25). The topological polar surface area (TPSA) is 95.0 Å². The predicted molar refractivity (Wildman–Crippen MR) is 102 cm³/mol. The highest BCUT2D eigenvalue weighted by Gasteiger charge is 2.20. The van der Waals surface area contributed by atoms with Crippen LogP contribution in [0.25, 0.3) is 17.1 Å². The van der Waals surface area contributed by atoms with Crippen LogP contribution >= 0.6 is 0 Å². The molecule has 1 amide bonds. The number of hydrogen-bond acceptors (Lipinski definition) is 4. The molecule has 0 bridgehead atoms. The average molecular weight is 367 g/mol. The first kappa shape index (κ1) is 18.4. The van der Waals surface area contributed by atoms with Crippen molar-refractivity contribution in [3.8, 4) is 17.1 Å². The zero-order chi connectivity index (χ0) is 19.6. The van der Waals surface area contributed by atoms with E-state index in [4.69, 9.17) is 0 Å². The minimum Gasteiger partial charge on any atom is -0.349 e. The molecule has 2 heterocycles. The molecule has 0 saturated heterocycles. The van der Waals surface area contributed by atoms with Gasteiger partial charge in [0.15, 0.2) is 0 Å². The number of aryl methyl sites for hydroxylation is 1. The minimum atomic E-state index is -0.468. The van der Waals surface area contributed by atoms with Crippen LogP contribution in [0.15, 0.2) is 48.7 Å². The maximum Gasteiger partial charge on any atom is 0.271 e. The molecule has 0 spiro atoms. The van der Waals surface area contributed by atoms with Crippen molar-refractivity contribution < 1.29 is 9.72 Å². The lowest BCUT2D eigenvalue weighted by Crippen LogP contribution is -2.33. The third-order valence-electron chi connectivity index (χ3n) is 4.42. The van der Waals surface area contributed by atoms with E-state index in [1.54, 1.807) is 18.2 Å². The number of nitrogens with zero attached hydrogens (tertiary/aromatic N) is 4. The van der Waals surface area contributed by atoms with Crippen LogP contribution in [-0.4, -0.2) is 31.2 Å². The highest BCUT2D eigenvalue weighted by Crippen LogP contribution is 2.24. The molecule has 8 heteroatoms. The molecule has 1 atom stereocenters. The Morgan fingerprint density at radius 1 is 1.30 bits per heavy atom. The van der Waals surface area contributed by atoms with Gasteiger partial charge in [-0.2, -0.15) is 5.10 Å². The summed E-state index contributed by atoms with van der Waals surface area (Å²) in [6.45, 7) is 3.91. The smallest absolute Gasteiger partial charge is 0.271 e. The minimum absolute atomic E-state index is 0.00412. The van der Waals surface area contributed by atoms with Gasteiger partial charge >= 0.3 is 0 Å². The van der Waals surface area contributed by atoms with Gasteiger partial charge in [0.25, 0.3) is 11.6 Å². The molecule has 0 aliphatic carbocycles. The second-order valence-electron chi connectivity index (χ2n) is 6.39. The normalized spacial score (nSPS) is 12.0. The molecule has 0 saturated carbocycles. The van der Waals surface area contributed by atoms with Crippen molar-refractivity contribution >= 4 is 11.6 Å². The van der Waals surface area contributed by atoms with Crippen LogP contribution in [0.4, 0.5) is 5.69 Å². The van der Waals surface area contributed by atoms with Crippen LogP contribution < -0.4 is 5.32 Å². The third-order valence-corrected chi connectivity index (χ3v) is 4.42. The zero-order valence-electron chi connectivity index (χ0n) is 15.4. The molecule has 3 aromatic rings. The van der Waals surface area contributed by atoms with Crippen LogP contribution in [0.5, 0.6) is 0 Å². The summed E-state index contributed by atoms with van der Waals surface area (Å²) in [5.41, 5.74) is 2.18. The van der Waals surface area contributed by atoms with E-state index < -0.39 is 4.92 Å². The maximum absolute atomic E-state index is 12.8. The lowest BCUT2D eigenvalue weighted by atomic mass is 10.2. The maximum atomic E-state index is 12.8. The quantitative estimate of drug-likeness (QED) is 0.534. The fourth-order valence-electron chi connectivity index (χ4n) is 2.73. The summed E-state index contributed by atoms with van der Waals surface area (Å²) in [6.07, 6.45) is 2.68. The molecule has 8 nitrogen and oxygen atoms in total. The first-order valence-electron chi connectivity index (χ1n) is 8.68. The van der Waals surface area contributed by atoms with Crippen LogP contribution in [-0.2, 0) is 7.05 Å². The largest absolute Gasteiger partial charge is 0.349 e. The van der Waals surface area contributed by atoms with Crippen molar-refractivity contribution in [3.05, 3.63) is 64.5 Å². The lowest BCUT2D eigenvalue weighted by molar-refractivity contribution is -0.384. The van der Waals surface area contributed by atoms with E-state index in [1.165, 1.54) is 16.8 Å². The number of rotatable bonds is 6. The second kappa shape index (κ2) is 7.45. The number of non-ortho nitro benzene ring substituents is 1. The van der Waals surface area contributed by atoms with E-state index in [2.05, 4.69) is 10.4 Å². The van der Waals surface area contributed by atoms with Gasteiger partial charge in [-0.15, -0.1) is 0 Å². The molecule has 1 unspecified atom stereocenters. The predicted octanol–water partition coefficient (Wildman–Crippen LogP) is 3.31. The van der Waals surface area contributed by atoms with E-state index in [1.807, 2.05) is 43.8 Å². The van der Waals surface area contributed by atoms with Crippen LogP contribution in [0.2, 0.25) is 0 Å². The average Bonchev–Trinajstić information content (AvgIpc) is 3.27. The Balaban J connectivity index is 2.12. The van der Waals surface area contributed by atoms with E-state index in [9.17, 15) is 14.9 Å². The van der Waals surface area contributed by atoms with Gasteiger partial charge in [-0.3, -0.25) is 14.9 Å². The Kier molecular flexibility index (Phi) is 5.07. The summed E-state index contributed by atoms with van der Waals surface area (Å²) in [7, 11) is 1.89. The van der Waals surface area contributed by atoms with E-state index in [0.717, 1.165) is 12.1 Å². The van der Waals surface area contributed by atoms with Gasteiger partial charge in [-0.05, 0) is 37.6 Å². The molecule has 0 fully saturated rings. The Hall–Kier alpha value is -3.42. The fraction of sp³-hybridized carbons (Fsp3) is 0.263. The number of nitro groups is 1. The number of benzene rings is 1. The fourth-order valence-corrected chi connectivity index (χ4v) is 2.73. The summed E-state index contributed by atoms with van der Waals surface area (Å²) < 4.78 is 3.35. The van der Waals surface area contributed by atoms with Gasteiger partial charge in [0, 0.05) is 31.4 Å². The highest BCUT2D eigenvalue weighted by atomic mass is 16.6. The van der Waals surface area contributed by atoms with Gasteiger partial charge in [0.1, 0.15) is 11.4 Å². The molecule has 0 aliphatic rings. The molecule has 2 aromatic heterocycles. The summed E-state index contributed by atoms with van der Waals surface area (Å²) in [5.74, 6) is -0.274. The zero-order valence-corrected chi connectivity index (χ0v) is 15.4. The van der Waals surface area contributed by atoms with Crippen LogP contribution in [0.1, 0.15) is 30.8 Å². The van der Waals surface area contributed by atoms with Crippen molar-refractivity contribution in [1.82, 2.24) is 19.7 Å². The van der Waals surface area contributed by atoms with Gasteiger partial charge in [0.05, 0.1) is 16.3 Å². The Morgan fingerprint density at radius 2 is 2.07 bits per heavy atom. The molecular weight excluding hydrogens is 346 g/mol. The van der Waals surface area contributed by atoms with Crippen LogP contribution in [0.3, 0.4) is 0 Å². The first-order chi connectivity index (χ1) is 12.9. The number of aromatic nitrogens is 3. The van der Waals surface area contributed by atoms with E-state index >= 15 is 0 Å². The number of hydrogen-bond donors (Lipinski definition) is 1. The van der Waals surface area contributed by atoms with Gasteiger partial charge in [-0.1, -0.05) is 13.0 Å². The summed E-state index contributed by atoms with van der Waals surface area (Å²) in [4.78, 5) is 23.4. The van der Waals surface area contributed by atoms with Crippen molar-refractivity contribution in [2.24, 2.45) is 7.05 Å². The molecule has 27 heavy (non-hydrogen) atoms. The highest BCUT2D eigenvalue weighted by molar-refractivity contribution is 5.94. The Bertz CT molecular complexity index is 989. The number of carbonyl (C=O) groups is 1. The molecule has 0 aliphatic heterocycles. The van der Waals surface area contributed by atoms with Crippen molar-refractivity contribution in [3.63, 3.8) is 0 Å². The molecule has 1 aromatic carbocycles. The van der Waals surface area contributed by atoms with Crippen molar-refractivity contribution in [1.29, 1.82) is 0 Å². The van der Waals surface area contributed by atoms with Gasteiger partial charge in [-0.25, -0.2) is 4.68 Å². The van der Waals surface area contributed by atoms with Crippen LogP contribution in [0, 0.1) is 10.1 Å². The molecule has 1 N–H and O–H groups in total. The van der Waals surface area contributed by atoms with Gasteiger partial charge < -0.3 is 9.88 Å². The Labute approximate surface area is 156 Å². The number of carbonyl (C=O) groups excluding carboxylic acids is 1. The SMILES string of the molecule is CCC(C)NC(=O)c1cc(-c2cccn2C)nn1-c1cccc([N+](=O)[O-])c1. The molecule has 0 radical (unpaired) electrons. The number of nitro benzene ring substituents is 1. The summed E-state index contributed by atoms with van der Waals surface area (Å²) in [5, 5.41) is 18.6. The monoisotopic (exact) mass is 367 g/mol. The summed E-state index contributed by atoms with van der Waals surface area (Å²) in [6, 6.07) is 11.6. The van der Waals surface area contributed by atoms with E-state index in [-0.39, 0.29) is 17.6 Å². The van der Waals surface area contributed by atoms with Crippen molar-refractivity contribution in [2.75, 3.05) is 0 Å². The van der Waals surface area contributed by atoms with Gasteiger partial charge in [0.2, 0.25) is 0 Å². The number of nitrogens with one attached hydrogen (secondary N) is 1.